The van der Waals surface area contributed by atoms with Crippen molar-refractivity contribution in [3.63, 3.8) is 0 Å². The lowest BCUT2D eigenvalue weighted by atomic mass is 10.1. The van der Waals surface area contributed by atoms with Gasteiger partial charge in [0, 0.05) is 5.56 Å². The van der Waals surface area contributed by atoms with Crippen molar-refractivity contribution in [2.24, 2.45) is 0 Å². The van der Waals surface area contributed by atoms with Gasteiger partial charge in [0.25, 0.3) is 0 Å². The summed E-state index contributed by atoms with van der Waals surface area (Å²) in [4.78, 5) is 15.5. The summed E-state index contributed by atoms with van der Waals surface area (Å²) >= 11 is 0. The highest BCUT2D eigenvalue weighted by Crippen LogP contribution is 2.19. The number of nitriles is 1. The summed E-state index contributed by atoms with van der Waals surface area (Å²) in [6.07, 6.45) is 0.472. The highest BCUT2D eigenvalue weighted by Gasteiger charge is 2.23. The molecule has 1 aliphatic rings. The Bertz CT molecular complexity index is 502. The Morgan fingerprint density at radius 1 is 1.56 bits per heavy atom. The molecule has 2 N–H and O–H groups in total. The average Bonchev–Trinajstić information content (AvgIpc) is 2.78. The van der Waals surface area contributed by atoms with Crippen molar-refractivity contribution < 1.29 is 14.7 Å². The van der Waals surface area contributed by atoms with Crippen LogP contribution in [0.15, 0.2) is 30.3 Å². The third kappa shape index (κ3) is 1.87. The fourth-order valence-corrected chi connectivity index (χ4v) is 1.38. The van der Waals surface area contributed by atoms with E-state index < -0.39 is 12.1 Å². The van der Waals surface area contributed by atoms with Crippen LogP contribution in [0.25, 0.3) is 5.70 Å². The van der Waals surface area contributed by atoms with Gasteiger partial charge in [-0.1, -0.05) is 12.1 Å². The molecule has 0 aromatic heterocycles. The Labute approximate surface area is 91.5 Å². The number of benzene rings is 1. The van der Waals surface area contributed by atoms with Gasteiger partial charge in [-0.05, 0) is 18.2 Å². The summed E-state index contributed by atoms with van der Waals surface area (Å²) in [5.74, 6) is -1.06. The first-order valence-corrected chi connectivity index (χ1v) is 4.57. The highest BCUT2D eigenvalue weighted by atomic mass is 16.7. The minimum absolute atomic E-state index is 0.513. The molecule has 80 valence electrons. The number of hydrogen-bond acceptors (Lipinski definition) is 4. The lowest BCUT2D eigenvalue weighted by molar-refractivity contribution is -0.148. The molecule has 0 spiro atoms. The first-order chi connectivity index (χ1) is 7.70. The Morgan fingerprint density at radius 3 is 3.00 bits per heavy atom. The summed E-state index contributed by atoms with van der Waals surface area (Å²) in [6.45, 7) is 0. The first kappa shape index (κ1) is 10.2. The van der Waals surface area contributed by atoms with Gasteiger partial charge in [0.15, 0.2) is 0 Å². The van der Waals surface area contributed by atoms with E-state index >= 15 is 0 Å². The number of hydroxylamine groups is 1. The van der Waals surface area contributed by atoms with Crippen LogP contribution in [0.4, 0.5) is 0 Å². The van der Waals surface area contributed by atoms with Crippen LogP contribution < -0.4 is 5.48 Å². The molecule has 0 aliphatic carbocycles. The molecule has 1 atom stereocenters. The number of nitrogens with zero attached hydrogens (tertiary/aromatic N) is 1. The van der Waals surface area contributed by atoms with Crippen molar-refractivity contribution in [3.05, 3.63) is 41.5 Å². The van der Waals surface area contributed by atoms with Crippen LogP contribution in [0, 0.1) is 11.3 Å². The molecule has 0 bridgehead atoms. The lowest BCUT2D eigenvalue weighted by Crippen LogP contribution is -2.20. The quantitative estimate of drug-likeness (QED) is 0.767. The Balaban J connectivity index is 2.29. The van der Waals surface area contributed by atoms with Gasteiger partial charge in [-0.25, -0.2) is 4.79 Å². The standard InChI is InChI=1S/C11H8N2O3/c12-6-7-2-1-3-8(4-7)9-5-10(11(14)15)16-13-9/h1-5,10,13H,(H,14,15). The zero-order chi connectivity index (χ0) is 11.5. The van der Waals surface area contributed by atoms with E-state index in [0.29, 0.717) is 11.3 Å². The molecule has 0 saturated carbocycles. The maximum atomic E-state index is 10.6. The Kier molecular flexibility index (Phi) is 2.58. The fourth-order valence-electron chi connectivity index (χ4n) is 1.38. The summed E-state index contributed by atoms with van der Waals surface area (Å²) in [7, 11) is 0. The molecule has 0 radical (unpaired) electrons. The van der Waals surface area contributed by atoms with E-state index in [0.717, 1.165) is 5.56 Å². The highest BCUT2D eigenvalue weighted by molar-refractivity contribution is 5.80. The fraction of sp³-hybridized carbons (Fsp3) is 0.0909. The van der Waals surface area contributed by atoms with Crippen molar-refractivity contribution in [3.8, 4) is 6.07 Å². The van der Waals surface area contributed by atoms with Crippen LogP contribution >= 0.6 is 0 Å². The topological polar surface area (TPSA) is 82.4 Å². The number of carboxylic acids is 1. The smallest absolute Gasteiger partial charge is 0.339 e. The molecule has 1 aromatic carbocycles. The van der Waals surface area contributed by atoms with Gasteiger partial charge < -0.3 is 5.11 Å². The molecule has 1 aliphatic heterocycles. The van der Waals surface area contributed by atoms with E-state index in [1.807, 2.05) is 6.07 Å². The zero-order valence-electron chi connectivity index (χ0n) is 8.18. The molecular weight excluding hydrogens is 208 g/mol. The Morgan fingerprint density at radius 2 is 2.38 bits per heavy atom. The average molecular weight is 216 g/mol. The largest absolute Gasteiger partial charge is 0.479 e. The van der Waals surface area contributed by atoms with Crippen molar-refractivity contribution in [1.82, 2.24) is 5.48 Å². The third-order valence-corrected chi connectivity index (χ3v) is 2.16. The van der Waals surface area contributed by atoms with Crippen molar-refractivity contribution in [2.45, 2.75) is 6.10 Å². The summed E-state index contributed by atoms with van der Waals surface area (Å²) in [5, 5.41) is 17.4. The lowest BCUT2D eigenvalue weighted by Gasteiger charge is -2.03. The van der Waals surface area contributed by atoms with Gasteiger partial charge in [-0.15, -0.1) is 0 Å². The molecule has 0 fully saturated rings. The van der Waals surface area contributed by atoms with Crippen LogP contribution in [0.1, 0.15) is 11.1 Å². The van der Waals surface area contributed by atoms with Crippen LogP contribution in [-0.2, 0) is 9.63 Å². The van der Waals surface area contributed by atoms with Crippen molar-refractivity contribution in [2.75, 3.05) is 0 Å². The zero-order valence-corrected chi connectivity index (χ0v) is 8.18. The van der Waals surface area contributed by atoms with Gasteiger partial charge in [-0.2, -0.15) is 5.26 Å². The Hall–Kier alpha value is -2.32. The first-order valence-electron chi connectivity index (χ1n) is 4.57. The van der Waals surface area contributed by atoms with Crippen LogP contribution in [0.2, 0.25) is 0 Å². The minimum atomic E-state index is -1.06. The number of aliphatic carboxylic acids is 1. The molecule has 1 unspecified atom stereocenters. The van der Waals surface area contributed by atoms with E-state index in [1.54, 1.807) is 24.3 Å². The molecule has 1 heterocycles. The molecule has 5 heteroatoms. The van der Waals surface area contributed by atoms with E-state index in [1.165, 1.54) is 6.08 Å². The number of carbonyl (C=O) groups is 1. The summed E-state index contributed by atoms with van der Waals surface area (Å²) in [5.41, 5.74) is 4.32. The van der Waals surface area contributed by atoms with E-state index in [-0.39, 0.29) is 0 Å². The molecule has 5 nitrogen and oxygen atoms in total. The number of nitrogens with one attached hydrogen (secondary N) is 1. The predicted molar refractivity (Wildman–Crippen MR) is 54.8 cm³/mol. The monoisotopic (exact) mass is 216 g/mol. The SMILES string of the molecule is N#Cc1cccc(C2=CC(C(=O)O)ON2)c1. The minimum Gasteiger partial charge on any atom is -0.479 e. The van der Waals surface area contributed by atoms with Crippen molar-refractivity contribution >= 4 is 11.7 Å². The predicted octanol–water partition coefficient (Wildman–Crippen LogP) is 0.887. The van der Waals surface area contributed by atoms with Gasteiger partial charge in [0.05, 0.1) is 17.3 Å². The summed E-state index contributed by atoms with van der Waals surface area (Å²) in [6, 6.07) is 8.84. The second-order valence-electron chi connectivity index (χ2n) is 3.25. The number of hydrogen-bond donors (Lipinski definition) is 2. The van der Waals surface area contributed by atoms with Gasteiger partial charge in [0.2, 0.25) is 6.10 Å². The molecule has 0 saturated heterocycles. The van der Waals surface area contributed by atoms with Crippen LogP contribution in [-0.4, -0.2) is 17.2 Å². The second kappa shape index (κ2) is 4.04. The van der Waals surface area contributed by atoms with Crippen LogP contribution in [0.3, 0.4) is 0 Å². The number of rotatable bonds is 2. The van der Waals surface area contributed by atoms with Crippen LogP contribution in [0.5, 0.6) is 0 Å². The van der Waals surface area contributed by atoms with E-state index in [9.17, 15) is 4.79 Å². The van der Waals surface area contributed by atoms with Gasteiger partial charge in [-0.3, -0.25) is 10.3 Å². The van der Waals surface area contributed by atoms with E-state index in [4.69, 9.17) is 15.2 Å². The molecule has 1 aromatic rings. The van der Waals surface area contributed by atoms with Crippen molar-refractivity contribution in [1.29, 1.82) is 5.26 Å². The normalized spacial score (nSPS) is 18.4. The molecular formula is C11H8N2O3. The molecule has 0 amide bonds. The van der Waals surface area contributed by atoms with Gasteiger partial charge >= 0.3 is 5.97 Å². The molecule has 2 rings (SSSR count). The molecule has 16 heavy (non-hydrogen) atoms. The maximum absolute atomic E-state index is 10.6. The van der Waals surface area contributed by atoms with Gasteiger partial charge in [0.1, 0.15) is 0 Å². The summed E-state index contributed by atoms with van der Waals surface area (Å²) < 4.78 is 0. The van der Waals surface area contributed by atoms with E-state index in [2.05, 4.69) is 5.48 Å². The number of carboxylic acid groups (broad SMARTS) is 1. The maximum Gasteiger partial charge on any atom is 0.339 e. The second-order valence-corrected chi connectivity index (χ2v) is 3.25. The third-order valence-electron chi connectivity index (χ3n) is 2.16.